The number of carbonyl (C=O) groups is 2. The Hall–Kier alpha value is -1.62. The molecule has 4 aliphatic rings. The van der Waals surface area contributed by atoms with Gasteiger partial charge in [0, 0.05) is 11.3 Å². The lowest BCUT2D eigenvalue weighted by molar-refractivity contribution is -0.173. The summed E-state index contributed by atoms with van der Waals surface area (Å²) in [7, 11) is 2.76. The van der Waals surface area contributed by atoms with Gasteiger partial charge in [0.1, 0.15) is 0 Å². The van der Waals surface area contributed by atoms with Gasteiger partial charge in [0.05, 0.1) is 31.7 Å². The number of methoxy groups -OCH3 is 2. The smallest absolute Gasteiger partial charge is 0.314 e. The molecule has 26 heavy (non-hydrogen) atoms. The highest BCUT2D eigenvalue weighted by atomic mass is 16.5. The number of aliphatic hydroxyl groups excluding tert-OH is 1. The zero-order valence-electron chi connectivity index (χ0n) is 15.8. The molecule has 3 saturated carbocycles. The molecule has 6 atom stereocenters. The summed E-state index contributed by atoms with van der Waals surface area (Å²) in [4.78, 5) is 25.8. The molecule has 5 heteroatoms. The van der Waals surface area contributed by atoms with Gasteiger partial charge in [-0.25, -0.2) is 0 Å². The number of hydrogen-bond acceptors (Lipinski definition) is 5. The lowest BCUT2D eigenvalue weighted by atomic mass is 9.58. The fraction of sp³-hybridized carbons (Fsp3) is 0.714. The standard InChI is InChI=1S/C21H28O5/c1-11-9-21-10-12(11)5-7-14(21)13-6-8-15(22)20(2,19(24)26-4)16(13)17(21)18(23)25-3/h12,15-17,22H,1,5-10H2,2-4H3/t12-,15+,16-,17-,20-,21+/m1/s1. The third kappa shape index (κ3) is 1.95. The highest BCUT2D eigenvalue weighted by molar-refractivity contribution is 5.83. The van der Waals surface area contributed by atoms with Gasteiger partial charge < -0.3 is 14.6 Å². The summed E-state index contributed by atoms with van der Waals surface area (Å²) in [5, 5.41) is 10.8. The first-order valence-electron chi connectivity index (χ1n) is 9.55. The minimum Gasteiger partial charge on any atom is -0.469 e. The fourth-order valence-electron chi connectivity index (χ4n) is 6.71. The molecular formula is C21H28O5. The molecule has 0 unspecified atom stereocenters. The summed E-state index contributed by atoms with van der Waals surface area (Å²) in [5.74, 6) is -1.07. The molecule has 0 aliphatic heterocycles. The maximum absolute atomic E-state index is 13.0. The van der Waals surface area contributed by atoms with Crippen molar-refractivity contribution < 1.29 is 24.2 Å². The zero-order valence-corrected chi connectivity index (χ0v) is 15.8. The fourth-order valence-corrected chi connectivity index (χ4v) is 6.71. The van der Waals surface area contributed by atoms with Crippen LogP contribution in [0, 0.1) is 28.6 Å². The van der Waals surface area contributed by atoms with E-state index in [0.717, 1.165) is 32.1 Å². The number of esters is 2. The van der Waals surface area contributed by atoms with Crippen LogP contribution in [-0.4, -0.2) is 37.4 Å². The second-order valence-electron chi connectivity index (χ2n) is 8.74. The van der Waals surface area contributed by atoms with Gasteiger partial charge in [-0.2, -0.15) is 0 Å². The number of hydrogen-bond donors (Lipinski definition) is 1. The predicted molar refractivity (Wildman–Crippen MR) is 94.9 cm³/mol. The maximum Gasteiger partial charge on any atom is 0.314 e. The molecule has 142 valence electrons. The SMILES string of the molecule is C=C1C[C@]23C[C@H]1CCC2=C1CC[C@H](O)[C@@](C)(C(=O)OC)[C@H]1[C@@H]3C(=O)OC. The van der Waals surface area contributed by atoms with E-state index in [4.69, 9.17) is 9.47 Å². The van der Waals surface area contributed by atoms with Crippen molar-refractivity contribution in [1.82, 2.24) is 0 Å². The van der Waals surface area contributed by atoms with E-state index in [2.05, 4.69) is 6.58 Å². The topological polar surface area (TPSA) is 72.8 Å². The normalized spacial score (nSPS) is 43.8. The van der Waals surface area contributed by atoms with Crippen LogP contribution in [0.3, 0.4) is 0 Å². The predicted octanol–water partition coefficient (Wildman–Crippen LogP) is 2.78. The van der Waals surface area contributed by atoms with E-state index in [-0.39, 0.29) is 17.3 Å². The molecule has 0 radical (unpaired) electrons. The quantitative estimate of drug-likeness (QED) is 0.605. The number of fused-ring (bicyclic) bond motifs is 2. The molecule has 1 N–H and O–H groups in total. The average molecular weight is 360 g/mol. The van der Waals surface area contributed by atoms with Gasteiger partial charge in [0.25, 0.3) is 0 Å². The highest BCUT2D eigenvalue weighted by Crippen LogP contribution is 2.71. The summed E-state index contributed by atoms with van der Waals surface area (Å²) in [6.45, 7) is 6.04. The largest absolute Gasteiger partial charge is 0.469 e. The van der Waals surface area contributed by atoms with Crippen LogP contribution in [0.4, 0.5) is 0 Å². The Labute approximate surface area is 154 Å². The van der Waals surface area contributed by atoms with Crippen molar-refractivity contribution in [2.75, 3.05) is 14.2 Å². The summed E-state index contributed by atoms with van der Waals surface area (Å²) in [5.41, 5.74) is 2.35. The molecule has 4 rings (SSSR count). The summed E-state index contributed by atoms with van der Waals surface area (Å²) >= 11 is 0. The van der Waals surface area contributed by atoms with Gasteiger partial charge >= 0.3 is 11.9 Å². The van der Waals surface area contributed by atoms with E-state index < -0.39 is 23.4 Å². The third-order valence-corrected chi connectivity index (χ3v) is 7.87. The van der Waals surface area contributed by atoms with Crippen LogP contribution in [-0.2, 0) is 19.1 Å². The average Bonchev–Trinajstić information content (AvgIpc) is 3.07. The molecule has 0 amide bonds. The first-order valence-corrected chi connectivity index (χ1v) is 9.55. The Balaban J connectivity index is 1.92. The number of rotatable bonds is 2. The number of carbonyl (C=O) groups excluding carboxylic acids is 2. The lowest BCUT2D eigenvalue weighted by Gasteiger charge is -2.46. The minimum atomic E-state index is -1.13. The van der Waals surface area contributed by atoms with Crippen LogP contribution in [0.2, 0.25) is 0 Å². The summed E-state index contributed by atoms with van der Waals surface area (Å²) in [6, 6.07) is 0. The molecule has 2 bridgehead atoms. The van der Waals surface area contributed by atoms with Gasteiger partial charge in [-0.05, 0) is 51.4 Å². The van der Waals surface area contributed by atoms with Gasteiger partial charge in [0.2, 0.25) is 0 Å². The van der Waals surface area contributed by atoms with Crippen molar-refractivity contribution in [3.05, 3.63) is 23.3 Å². The number of allylic oxidation sites excluding steroid dienone is 3. The van der Waals surface area contributed by atoms with Gasteiger partial charge in [0.15, 0.2) is 0 Å². The van der Waals surface area contributed by atoms with E-state index >= 15 is 0 Å². The van der Waals surface area contributed by atoms with Crippen LogP contribution >= 0.6 is 0 Å². The molecule has 5 nitrogen and oxygen atoms in total. The Bertz CT molecular complexity index is 722. The number of aliphatic hydroxyl groups is 1. The molecule has 3 fully saturated rings. The molecular weight excluding hydrogens is 332 g/mol. The van der Waals surface area contributed by atoms with E-state index in [1.807, 2.05) is 0 Å². The van der Waals surface area contributed by atoms with Crippen molar-refractivity contribution in [2.45, 2.75) is 51.6 Å². The van der Waals surface area contributed by atoms with Crippen LogP contribution in [0.25, 0.3) is 0 Å². The Morgan fingerprint density at radius 3 is 2.58 bits per heavy atom. The van der Waals surface area contributed by atoms with Crippen molar-refractivity contribution in [1.29, 1.82) is 0 Å². The molecule has 0 aromatic heterocycles. The maximum atomic E-state index is 13.0. The Morgan fingerprint density at radius 1 is 1.19 bits per heavy atom. The molecule has 0 aromatic carbocycles. The second kappa shape index (κ2) is 5.69. The molecule has 0 aromatic rings. The summed E-state index contributed by atoms with van der Waals surface area (Å²) < 4.78 is 10.3. The number of ether oxygens (including phenoxy) is 2. The van der Waals surface area contributed by atoms with Crippen LogP contribution in [0.15, 0.2) is 23.3 Å². The van der Waals surface area contributed by atoms with Crippen molar-refractivity contribution in [3.8, 4) is 0 Å². The summed E-state index contributed by atoms with van der Waals surface area (Å²) in [6.07, 6.45) is 4.16. The Kier molecular flexibility index (Phi) is 3.89. The Morgan fingerprint density at radius 2 is 1.92 bits per heavy atom. The van der Waals surface area contributed by atoms with Crippen molar-refractivity contribution >= 4 is 11.9 Å². The van der Waals surface area contributed by atoms with E-state index in [1.165, 1.54) is 30.9 Å². The monoisotopic (exact) mass is 360 g/mol. The van der Waals surface area contributed by atoms with Gasteiger partial charge in [-0.15, -0.1) is 0 Å². The molecule has 0 heterocycles. The zero-order chi connectivity index (χ0) is 18.9. The molecule has 4 aliphatic carbocycles. The third-order valence-electron chi connectivity index (χ3n) is 7.87. The van der Waals surface area contributed by atoms with Gasteiger partial charge in [-0.3, -0.25) is 9.59 Å². The molecule has 1 spiro atoms. The highest BCUT2D eigenvalue weighted by Gasteiger charge is 2.68. The second-order valence-corrected chi connectivity index (χ2v) is 8.74. The van der Waals surface area contributed by atoms with Crippen LogP contribution in [0.1, 0.15) is 45.4 Å². The van der Waals surface area contributed by atoms with Gasteiger partial charge in [-0.1, -0.05) is 23.3 Å². The van der Waals surface area contributed by atoms with Crippen LogP contribution in [0.5, 0.6) is 0 Å². The van der Waals surface area contributed by atoms with E-state index in [1.54, 1.807) is 6.92 Å². The first kappa shape index (κ1) is 17.8. The van der Waals surface area contributed by atoms with E-state index in [0.29, 0.717) is 12.3 Å². The first-order chi connectivity index (χ1) is 12.3. The minimum absolute atomic E-state index is 0.276. The lowest BCUT2D eigenvalue weighted by Crippen LogP contribution is -2.54. The van der Waals surface area contributed by atoms with E-state index in [9.17, 15) is 14.7 Å². The molecule has 0 saturated heterocycles. The van der Waals surface area contributed by atoms with Crippen LogP contribution < -0.4 is 0 Å². The van der Waals surface area contributed by atoms with Crippen molar-refractivity contribution in [3.63, 3.8) is 0 Å². The van der Waals surface area contributed by atoms with Crippen molar-refractivity contribution in [2.24, 2.45) is 28.6 Å².